The molecule has 0 bridgehead atoms. The van der Waals surface area contributed by atoms with Gasteiger partial charge >= 0.3 is 5.97 Å². The van der Waals surface area contributed by atoms with E-state index in [0.29, 0.717) is 0 Å². The van der Waals surface area contributed by atoms with Gasteiger partial charge in [0.1, 0.15) is 17.9 Å². The predicted molar refractivity (Wildman–Crippen MR) is 86.4 cm³/mol. The monoisotopic (exact) mass is 323 g/mol. The number of carbonyl (C=O) groups is 3. The minimum atomic E-state index is -1.24. The molecule has 3 rings (SSSR count). The van der Waals surface area contributed by atoms with Crippen molar-refractivity contribution < 1.29 is 24.6 Å². The molecule has 1 aliphatic rings. The van der Waals surface area contributed by atoms with Crippen LogP contribution < -0.4 is 5.32 Å². The molecule has 6 heteroatoms. The lowest BCUT2D eigenvalue weighted by Gasteiger charge is -2.04. The van der Waals surface area contributed by atoms with Gasteiger partial charge in [0.05, 0.1) is 0 Å². The third kappa shape index (κ3) is 2.65. The second-order valence-electron chi connectivity index (χ2n) is 5.26. The van der Waals surface area contributed by atoms with Crippen LogP contribution in [0.4, 0.5) is 0 Å². The summed E-state index contributed by atoms with van der Waals surface area (Å²) in [7, 11) is 0. The Bertz CT molecular complexity index is 884. The van der Waals surface area contributed by atoms with Gasteiger partial charge in [0.25, 0.3) is 5.91 Å². The van der Waals surface area contributed by atoms with E-state index in [4.69, 9.17) is 5.11 Å². The Morgan fingerprint density at radius 1 is 0.958 bits per heavy atom. The van der Waals surface area contributed by atoms with Crippen molar-refractivity contribution in [2.45, 2.75) is 0 Å². The van der Waals surface area contributed by atoms with Crippen molar-refractivity contribution in [2.24, 2.45) is 0 Å². The quantitative estimate of drug-likeness (QED) is 0.747. The molecule has 0 saturated heterocycles. The second-order valence-corrected chi connectivity index (χ2v) is 5.26. The van der Waals surface area contributed by atoms with E-state index < -0.39 is 35.5 Å². The maximum atomic E-state index is 12.5. The number of fused-ring (bicyclic) bond motifs is 1. The lowest BCUT2D eigenvalue weighted by atomic mass is 9.99. The molecule has 0 saturated carbocycles. The fraction of sp³-hybridized carbons (Fsp3) is 0.0556. The molecule has 1 amide bonds. The van der Waals surface area contributed by atoms with Crippen molar-refractivity contribution in [1.82, 2.24) is 5.32 Å². The minimum Gasteiger partial charge on any atom is -0.506 e. The number of Topliss-reactive ketones (excluding diaryl/α,β-unsaturated/α-hetero) is 1. The van der Waals surface area contributed by atoms with Gasteiger partial charge in [-0.2, -0.15) is 0 Å². The fourth-order valence-corrected chi connectivity index (χ4v) is 2.58. The number of carboxylic acids is 1. The zero-order valence-electron chi connectivity index (χ0n) is 12.4. The van der Waals surface area contributed by atoms with Gasteiger partial charge in [-0.05, 0) is 23.3 Å². The van der Waals surface area contributed by atoms with E-state index >= 15 is 0 Å². The van der Waals surface area contributed by atoms with Gasteiger partial charge < -0.3 is 15.5 Å². The standard InChI is InChI=1S/C18H13NO5/c20-14(21)9-19-18(24)15-16(22)12-7-6-11(8-13(12)17(15)23)10-4-2-1-3-5-10/h1-8,22H,9H2,(H,19,24)(H,20,21). The Labute approximate surface area is 137 Å². The number of aliphatic carboxylic acids is 1. The maximum Gasteiger partial charge on any atom is 0.322 e. The van der Waals surface area contributed by atoms with E-state index in [1.165, 1.54) is 0 Å². The highest BCUT2D eigenvalue weighted by Gasteiger charge is 2.34. The summed E-state index contributed by atoms with van der Waals surface area (Å²) in [6.07, 6.45) is 0. The maximum absolute atomic E-state index is 12.5. The predicted octanol–water partition coefficient (Wildman–Crippen LogP) is 2.02. The number of aliphatic hydroxyl groups excluding tert-OH is 1. The summed E-state index contributed by atoms with van der Waals surface area (Å²) in [5.74, 6) is -3.20. The average molecular weight is 323 g/mol. The number of aliphatic hydroxyl groups is 1. The molecule has 2 aromatic carbocycles. The lowest BCUT2D eigenvalue weighted by Crippen LogP contribution is -2.32. The average Bonchev–Trinajstić information content (AvgIpc) is 2.84. The van der Waals surface area contributed by atoms with Gasteiger partial charge in [-0.15, -0.1) is 0 Å². The fourth-order valence-electron chi connectivity index (χ4n) is 2.58. The number of carbonyl (C=O) groups excluding carboxylic acids is 2. The molecule has 0 heterocycles. The Morgan fingerprint density at radius 2 is 1.67 bits per heavy atom. The summed E-state index contributed by atoms with van der Waals surface area (Å²) in [4.78, 5) is 35.0. The van der Waals surface area contributed by atoms with Gasteiger partial charge in [-0.3, -0.25) is 14.4 Å². The molecule has 1 aliphatic carbocycles. The van der Waals surface area contributed by atoms with Gasteiger partial charge in [0.2, 0.25) is 5.78 Å². The van der Waals surface area contributed by atoms with Crippen molar-refractivity contribution in [1.29, 1.82) is 0 Å². The molecular weight excluding hydrogens is 310 g/mol. The number of hydrogen-bond acceptors (Lipinski definition) is 4. The number of rotatable bonds is 4. The van der Waals surface area contributed by atoms with Crippen molar-refractivity contribution >= 4 is 23.4 Å². The minimum absolute atomic E-state index is 0.217. The zero-order chi connectivity index (χ0) is 17.3. The molecule has 120 valence electrons. The van der Waals surface area contributed by atoms with Crippen LogP contribution in [0.1, 0.15) is 15.9 Å². The number of amides is 1. The molecule has 0 spiro atoms. The highest BCUT2D eigenvalue weighted by molar-refractivity contribution is 6.34. The first-order valence-electron chi connectivity index (χ1n) is 7.17. The van der Waals surface area contributed by atoms with Crippen LogP contribution in [0.2, 0.25) is 0 Å². The first-order valence-corrected chi connectivity index (χ1v) is 7.17. The van der Waals surface area contributed by atoms with Gasteiger partial charge in [0, 0.05) is 11.1 Å². The Balaban J connectivity index is 1.94. The molecular formula is C18H13NO5. The van der Waals surface area contributed by atoms with E-state index in [1.807, 2.05) is 30.3 Å². The van der Waals surface area contributed by atoms with E-state index in [9.17, 15) is 19.5 Å². The van der Waals surface area contributed by atoms with Crippen LogP contribution in [-0.2, 0) is 9.59 Å². The van der Waals surface area contributed by atoms with Crippen LogP contribution in [0.25, 0.3) is 16.9 Å². The van der Waals surface area contributed by atoms with Crippen LogP contribution in [0.3, 0.4) is 0 Å². The highest BCUT2D eigenvalue weighted by Crippen LogP contribution is 2.34. The molecule has 0 aromatic heterocycles. The van der Waals surface area contributed by atoms with Crippen molar-refractivity contribution in [3.63, 3.8) is 0 Å². The van der Waals surface area contributed by atoms with Crippen LogP contribution in [-0.4, -0.2) is 34.4 Å². The first-order chi connectivity index (χ1) is 11.5. The Morgan fingerprint density at radius 3 is 2.33 bits per heavy atom. The van der Waals surface area contributed by atoms with E-state index in [2.05, 4.69) is 5.32 Å². The van der Waals surface area contributed by atoms with Crippen molar-refractivity contribution in [2.75, 3.05) is 6.54 Å². The molecule has 0 aliphatic heterocycles. The van der Waals surface area contributed by atoms with Crippen LogP contribution >= 0.6 is 0 Å². The topological polar surface area (TPSA) is 104 Å². The van der Waals surface area contributed by atoms with Crippen molar-refractivity contribution in [3.8, 4) is 11.1 Å². The number of hydrogen-bond donors (Lipinski definition) is 3. The molecule has 6 nitrogen and oxygen atoms in total. The highest BCUT2D eigenvalue weighted by atomic mass is 16.4. The first kappa shape index (κ1) is 15.5. The number of benzene rings is 2. The summed E-state index contributed by atoms with van der Waals surface area (Å²) in [6, 6.07) is 14.3. The molecule has 0 fully saturated rings. The third-order valence-electron chi connectivity index (χ3n) is 3.72. The van der Waals surface area contributed by atoms with Crippen molar-refractivity contribution in [3.05, 3.63) is 65.2 Å². The summed E-state index contributed by atoms with van der Waals surface area (Å²) in [5, 5.41) is 20.8. The van der Waals surface area contributed by atoms with E-state index in [0.717, 1.165) is 11.1 Å². The number of carboxylic acid groups (broad SMARTS) is 1. The van der Waals surface area contributed by atoms with E-state index in [-0.39, 0.29) is 11.1 Å². The normalized spacial score (nSPS) is 12.9. The Kier molecular flexibility index (Phi) is 3.87. The van der Waals surface area contributed by atoms with Crippen LogP contribution in [0.15, 0.2) is 54.1 Å². The Hall–Kier alpha value is -3.41. The molecule has 0 radical (unpaired) electrons. The number of ketones is 1. The molecule has 3 N–H and O–H groups in total. The lowest BCUT2D eigenvalue weighted by molar-refractivity contribution is -0.137. The van der Waals surface area contributed by atoms with Crippen LogP contribution in [0, 0.1) is 0 Å². The molecule has 0 unspecified atom stereocenters. The SMILES string of the molecule is O=C(O)CNC(=O)C1=C(O)c2ccc(-c3ccccc3)cc2C1=O. The number of nitrogens with one attached hydrogen (secondary N) is 1. The zero-order valence-corrected chi connectivity index (χ0v) is 12.4. The molecule has 2 aromatic rings. The summed E-state index contributed by atoms with van der Waals surface area (Å²) in [6.45, 7) is -0.630. The molecule has 0 atom stereocenters. The van der Waals surface area contributed by atoms with E-state index in [1.54, 1.807) is 18.2 Å². The summed E-state index contributed by atoms with van der Waals surface area (Å²) < 4.78 is 0. The smallest absolute Gasteiger partial charge is 0.322 e. The summed E-state index contributed by atoms with van der Waals surface area (Å²) >= 11 is 0. The third-order valence-corrected chi connectivity index (χ3v) is 3.72. The second kappa shape index (κ2) is 6.00. The largest absolute Gasteiger partial charge is 0.506 e. The van der Waals surface area contributed by atoms with Crippen LogP contribution in [0.5, 0.6) is 0 Å². The van der Waals surface area contributed by atoms with Gasteiger partial charge in [-0.1, -0.05) is 36.4 Å². The summed E-state index contributed by atoms with van der Waals surface area (Å²) in [5.41, 5.74) is 1.73. The molecule has 24 heavy (non-hydrogen) atoms. The van der Waals surface area contributed by atoms with Gasteiger partial charge in [-0.25, -0.2) is 0 Å². The van der Waals surface area contributed by atoms with Gasteiger partial charge in [0.15, 0.2) is 0 Å².